The number of aliphatic imine (C=N–C) groups is 1. The summed E-state index contributed by atoms with van der Waals surface area (Å²) in [5.74, 6) is 0.909. The van der Waals surface area contributed by atoms with E-state index >= 15 is 0 Å². The number of benzene rings is 1. The van der Waals surface area contributed by atoms with Gasteiger partial charge in [0.25, 0.3) is 0 Å². The Kier molecular flexibility index (Phi) is 9.00. The number of unbranched alkanes of at least 4 members (excludes halogenated alkanes) is 1. The van der Waals surface area contributed by atoms with E-state index in [1.165, 1.54) is 12.0 Å². The lowest BCUT2D eigenvalue weighted by atomic mass is 10.1. The van der Waals surface area contributed by atoms with E-state index in [0.29, 0.717) is 0 Å². The van der Waals surface area contributed by atoms with Gasteiger partial charge in [-0.1, -0.05) is 12.1 Å². The van der Waals surface area contributed by atoms with E-state index in [1.807, 2.05) is 16.9 Å². The number of ether oxygens (including phenoxy) is 1. The summed E-state index contributed by atoms with van der Waals surface area (Å²) in [4.78, 5) is 7.20. The Balaban J connectivity index is 1.35. The van der Waals surface area contributed by atoms with Gasteiger partial charge in [0.2, 0.25) is 0 Å². The second kappa shape index (κ2) is 12.2. The normalized spacial score (nSPS) is 15.4. The zero-order valence-electron chi connectivity index (χ0n) is 17.5. The molecule has 0 amide bonds. The van der Waals surface area contributed by atoms with Gasteiger partial charge in [-0.3, -0.25) is 9.89 Å². The average Bonchev–Trinajstić information content (AvgIpc) is 3.30. The second-order valence-corrected chi connectivity index (χ2v) is 7.22. The third kappa shape index (κ3) is 7.51. The molecule has 1 saturated heterocycles. The van der Waals surface area contributed by atoms with Gasteiger partial charge in [-0.05, 0) is 56.5 Å². The number of hydrogen-bond donors (Lipinski definition) is 2. The Morgan fingerprint density at radius 2 is 1.97 bits per heavy atom. The topological polar surface area (TPSA) is 66.7 Å². The zero-order chi connectivity index (χ0) is 20.2. The van der Waals surface area contributed by atoms with E-state index in [2.05, 4.69) is 51.8 Å². The number of hydrogen-bond acceptors (Lipinski definition) is 4. The molecule has 1 aromatic heterocycles. The van der Waals surface area contributed by atoms with Crippen molar-refractivity contribution in [1.29, 1.82) is 0 Å². The number of guanidine groups is 1. The highest BCUT2D eigenvalue weighted by Crippen LogP contribution is 2.08. The van der Waals surface area contributed by atoms with Crippen molar-refractivity contribution >= 4 is 5.96 Å². The molecule has 1 aliphatic rings. The maximum Gasteiger partial charge on any atom is 0.191 e. The van der Waals surface area contributed by atoms with Crippen LogP contribution in [0, 0.1) is 0 Å². The van der Waals surface area contributed by atoms with Gasteiger partial charge >= 0.3 is 0 Å². The quantitative estimate of drug-likeness (QED) is 0.364. The molecule has 0 atom stereocenters. The number of nitrogens with one attached hydrogen (secondary N) is 2. The van der Waals surface area contributed by atoms with Crippen LogP contribution in [0.3, 0.4) is 0 Å². The van der Waals surface area contributed by atoms with E-state index in [4.69, 9.17) is 9.73 Å². The van der Waals surface area contributed by atoms with Crippen LogP contribution < -0.4 is 10.6 Å². The van der Waals surface area contributed by atoms with Crippen molar-refractivity contribution in [1.82, 2.24) is 25.3 Å². The summed E-state index contributed by atoms with van der Waals surface area (Å²) in [7, 11) is 0. The smallest absolute Gasteiger partial charge is 0.191 e. The fourth-order valence-electron chi connectivity index (χ4n) is 3.37. The van der Waals surface area contributed by atoms with E-state index in [-0.39, 0.29) is 0 Å². The Bertz CT molecular complexity index is 707. The van der Waals surface area contributed by atoms with Crippen molar-refractivity contribution in [3.63, 3.8) is 0 Å². The van der Waals surface area contributed by atoms with Crippen LogP contribution in [0.5, 0.6) is 0 Å². The molecule has 158 valence electrons. The summed E-state index contributed by atoms with van der Waals surface area (Å²) in [6.07, 6.45) is 7.01. The third-order valence-corrected chi connectivity index (χ3v) is 5.01. The average molecular weight is 399 g/mol. The number of morpholine rings is 1. The highest BCUT2D eigenvalue weighted by Gasteiger charge is 2.08. The maximum absolute atomic E-state index is 5.39. The molecule has 2 N–H and O–H groups in total. The maximum atomic E-state index is 5.39. The molecule has 0 saturated carbocycles. The summed E-state index contributed by atoms with van der Waals surface area (Å²) < 4.78 is 7.27. The lowest BCUT2D eigenvalue weighted by molar-refractivity contribution is 0.0373. The zero-order valence-corrected chi connectivity index (χ0v) is 17.5. The largest absolute Gasteiger partial charge is 0.379 e. The number of rotatable bonds is 10. The molecule has 2 aromatic rings. The molecule has 0 unspecified atom stereocenters. The first kappa shape index (κ1) is 21.3. The van der Waals surface area contributed by atoms with Crippen molar-refractivity contribution in [2.75, 3.05) is 52.5 Å². The van der Waals surface area contributed by atoms with Gasteiger partial charge in [0.05, 0.1) is 18.9 Å². The van der Waals surface area contributed by atoms with E-state index < -0.39 is 0 Å². The van der Waals surface area contributed by atoms with Crippen molar-refractivity contribution in [2.45, 2.75) is 26.2 Å². The van der Waals surface area contributed by atoms with Crippen LogP contribution in [0.15, 0.2) is 47.7 Å². The molecular formula is C22H34N6O. The SMILES string of the molecule is CCNC(=NCCCCN1CCOCC1)NCCc1ccc(-n2cccn2)cc1. The number of nitrogens with zero attached hydrogens (tertiary/aromatic N) is 4. The minimum Gasteiger partial charge on any atom is -0.379 e. The predicted octanol–water partition coefficient (Wildman–Crippen LogP) is 2.08. The molecule has 7 heteroatoms. The summed E-state index contributed by atoms with van der Waals surface area (Å²) in [6, 6.07) is 10.5. The van der Waals surface area contributed by atoms with Crippen molar-refractivity contribution in [3.05, 3.63) is 48.3 Å². The van der Waals surface area contributed by atoms with Crippen LogP contribution in [-0.2, 0) is 11.2 Å². The minimum absolute atomic E-state index is 0.859. The van der Waals surface area contributed by atoms with Gasteiger partial charge in [0.1, 0.15) is 0 Å². The Hall–Kier alpha value is -2.38. The molecule has 1 aromatic carbocycles. The van der Waals surface area contributed by atoms with Crippen LogP contribution in [0.2, 0.25) is 0 Å². The van der Waals surface area contributed by atoms with Crippen molar-refractivity contribution < 1.29 is 4.74 Å². The van der Waals surface area contributed by atoms with Gasteiger partial charge in [0, 0.05) is 45.1 Å². The van der Waals surface area contributed by atoms with Crippen LogP contribution in [0.4, 0.5) is 0 Å². The lowest BCUT2D eigenvalue weighted by Gasteiger charge is -2.26. The monoisotopic (exact) mass is 398 g/mol. The van der Waals surface area contributed by atoms with Crippen LogP contribution in [-0.4, -0.2) is 73.1 Å². The van der Waals surface area contributed by atoms with Crippen LogP contribution in [0.25, 0.3) is 5.69 Å². The molecule has 1 aliphatic heterocycles. The first-order valence-corrected chi connectivity index (χ1v) is 10.8. The Morgan fingerprint density at radius 1 is 1.14 bits per heavy atom. The lowest BCUT2D eigenvalue weighted by Crippen LogP contribution is -2.38. The molecule has 3 rings (SSSR count). The predicted molar refractivity (Wildman–Crippen MR) is 118 cm³/mol. The molecule has 0 aliphatic carbocycles. The third-order valence-electron chi connectivity index (χ3n) is 5.01. The summed E-state index contributed by atoms with van der Waals surface area (Å²) in [5.41, 5.74) is 2.38. The van der Waals surface area contributed by atoms with Gasteiger partial charge in [-0.25, -0.2) is 4.68 Å². The summed E-state index contributed by atoms with van der Waals surface area (Å²) >= 11 is 0. The first-order chi connectivity index (χ1) is 14.3. The first-order valence-electron chi connectivity index (χ1n) is 10.8. The molecule has 0 spiro atoms. The van der Waals surface area contributed by atoms with Gasteiger partial charge < -0.3 is 15.4 Å². The van der Waals surface area contributed by atoms with Crippen molar-refractivity contribution in [2.24, 2.45) is 4.99 Å². The highest BCUT2D eigenvalue weighted by atomic mass is 16.5. The Morgan fingerprint density at radius 3 is 2.69 bits per heavy atom. The van der Waals surface area contributed by atoms with Crippen molar-refractivity contribution in [3.8, 4) is 5.69 Å². The number of aromatic nitrogens is 2. The minimum atomic E-state index is 0.859. The molecule has 1 fully saturated rings. The Labute approximate surface area is 174 Å². The van der Waals surface area contributed by atoms with E-state index in [0.717, 1.165) is 77.0 Å². The van der Waals surface area contributed by atoms with E-state index in [1.54, 1.807) is 6.20 Å². The van der Waals surface area contributed by atoms with Gasteiger partial charge in [-0.2, -0.15) is 5.10 Å². The molecule has 0 radical (unpaired) electrons. The van der Waals surface area contributed by atoms with Crippen LogP contribution in [0.1, 0.15) is 25.3 Å². The molecule has 2 heterocycles. The molecule has 7 nitrogen and oxygen atoms in total. The standard InChI is InChI=1S/C22H34N6O/c1-2-23-22(24-11-3-4-14-27-16-18-29-19-17-27)25-13-10-20-6-8-21(9-7-20)28-15-5-12-26-28/h5-9,12,15H,2-4,10-11,13-14,16-19H2,1H3,(H2,23,24,25). The summed E-state index contributed by atoms with van der Waals surface area (Å²) in [5, 5.41) is 11.0. The fraction of sp³-hybridized carbons (Fsp3) is 0.545. The van der Waals surface area contributed by atoms with Gasteiger partial charge in [0.15, 0.2) is 5.96 Å². The molecular weight excluding hydrogens is 364 g/mol. The van der Waals surface area contributed by atoms with Crippen LogP contribution >= 0.6 is 0 Å². The highest BCUT2D eigenvalue weighted by molar-refractivity contribution is 5.79. The molecule has 0 bridgehead atoms. The summed E-state index contributed by atoms with van der Waals surface area (Å²) in [6.45, 7) is 9.72. The fourth-order valence-corrected chi connectivity index (χ4v) is 3.37. The van der Waals surface area contributed by atoms with Gasteiger partial charge in [-0.15, -0.1) is 0 Å². The van der Waals surface area contributed by atoms with E-state index in [9.17, 15) is 0 Å². The molecule has 29 heavy (non-hydrogen) atoms. The second-order valence-electron chi connectivity index (χ2n) is 7.22.